The molecule has 0 spiro atoms. The standard InChI is InChI=1S/C42H64ClNO9/c1-10-32-20-22-41(7,48)35(51-31(6)46)19-14-28(3)37(52-36(47)25-32)27(2)13-11-21-42(8,49)40(39-38(53-39)29(4)30(5)50-9)44(23-12-24-45)26-33-15-17-34(43)18-16-33/h11,13-19,21,28-30,32,35,37-40,45,48-49H,10,12,20,22-26H2,1-9H3. The van der Waals surface area contributed by atoms with Crippen LogP contribution in [0.5, 0.6) is 0 Å². The summed E-state index contributed by atoms with van der Waals surface area (Å²) >= 11 is 6.18. The first-order valence-electron chi connectivity index (χ1n) is 19.1. The number of ether oxygens (including phenoxy) is 4. The second kappa shape index (κ2) is 20.4. The second-order valence-electron chi connectivity index (χ2n) is 15.5. The first kappa shape index (κ1) is 44.8. The van der Waals surface area contributed by atoms with E-state index >= 15 is 0 Å². The monoisotopic (exact) mass is 761 g/mol. The molecule has 10 nitrogen and oxygen atoms in total. The molecule has 11 unspecified atom stereocenters. The van der Waals surface area contributed by atoms with E-state index in [1.54, 1.807) is 39.2 Å². The van der Waals surface area contributed by atoms with E-state index in [0.717, 1.165) is 17.6 Å². The predicted molar refractivity (Wildman–Crippen MR) is 207 cm³/mol. The fraction of sp³-hybridized carbons (Fsp3) is 0.667. The normalized spacial score (nSPS) is 30.2. The average Bonchev–Trinajstić information content (AvgIpc) is 3.88. The van der Waals surface area contributed by atoms with Crippen molar-refractivity contribution in [2.75, 3.05) is 20.3 Å². The van der Waals surface area contributed by atoms with Gasteiger partial charge in [0.25, 0.3) is 0 Å². The highest BCUT2D eigenvalue weighted by Crippen LogP contribution is 2.41. The topological polar surface area (TPSA) is 138 Å². The Balaban J connectivity index is 1.98. The maximum absolute atomic E-state index is 13.3. The molecular weight excluding hydrogens is 698 g/mol. The van der Waals surface area contributed by atoms with Gasteiger partial charge >= 0.3 is 11.9 Å². The Labute approximate surface area is 322 Å². The molecular formula is C42H64ClNO9. The fourth-order valence-electron chi connectivity index (χ4n) is 7.27. The maximum Gasteiger partial charge on any atom is 0.306 e. The fourth-order valence-corrected chi connectivity index (χ4v) is 7.39. The average molecular weight is 762 g/mol. The largest absolute Gasteiger partial charge is 0.457 e. The number of aliphatic hydroxyl groups excluding tert-OH is 1. The third-order valence-corrected chi connectivity index (χ3v) is 11.2. The van der Waals surface area contributed by atoms with Gasteiger partial charge in [-0.1, -0.05) is 75.2 Å². The van der Waals surface area contributed by atoms with Crippen LogP contribution in [-0.2, 0) is 35.1 Å². The van der Waals surface area contributed by atoms with Gasteiger partial charge in [-0.05, 0) is 82.2 Å². The van der Waals surface area contributed by atoms with E-state index in [1.165, 1.54) is 6.92 Å². The molecule has 0 radical (unpaired) electrons. The lowest BCUT2D eigenvalue weighted by atomic mass is 9.85. The van der Waals surface area contributed by atoms with Crippen molar-refractivity contribution in [2.45, 2.75) is 142 Å². The number of carbonyl (C=O) groups is 2. The summed E-state index contributed by atoms with van der Waals surface area (Å²) in [6, 6.07) is 7.12. The number of methoxy groups -OCH3 is 1. The van der Waals surface area contributed by atoms with E-state index in [2.05, 4.69) is 11.8 Å². The van der Waals surface area contributed by atoms with E-state index in [9.17, 15) is 24.9 Å². The Morgan fingerprint density at radius 2 is 1.87 bits per heavy atom. The van der Waals surface area contributed by atoms with Gasteiger partial charge in [-0.2, -0.15) is 0 Å². The van der Waals surface area contributed by atoms with Crippen molar-refractivity contribution >= 4 is 23.5 Å². The van der Waals surface area contributed by atoms with Gasteiger partial charge in [0, 0.05) is 57.0 Å². The van der Waals surface area contributed by atoms with E-state index < -0.39 is 35.4 Å². The molecule has 0 amide bonds. The zero-order chi connectivity index (χ0) is 39.5. The van der Waals surface area contributed by atoms with E-state index in [0.29, 0.717) is 37.4 Å². The molecule has 3 rings (SSSR count). The molecule has 1 fully saturated rings. The smallest absolute Gasteiger partial charge is 0.306 e. The number of benzene rings is 1. The highest BCUT2D eigenvalue weighted by Gasteiger charge is 2.55. The first-order chi connectivity index (χ1) is 24.9. The number of aliphatic hydroxyl groups is 3. The molecule has 53 heavy (non-hydrogen) atoms. The quantitative estimate of drug-likeness (QED) is 0.0733. The minimum atomic E-state index is -1.39. The number of allylic oxidation sites excluding steroid dienone is 2. The van der Waals surface area contributed by atoms with Crippen molar-refractivity contribution < 1.29 is 43.9 Å². The number of hydrogen-bond donors (Lipinski definition) is 3. The molecule has 0 bridgehead atoms. The molecule has 0 saturated carbocycles. The second-order valence-corrected chi connectivity index (χ2v) is 16.0. The van der Waals surface area contributed by atoms with Crippen molar-refractivity contribution in [1.29, 1.82) is 0 Å². The van der Waals surface area contributed by atoms with E-state index in [1.807, 2.05) is 64.1 Å². The molecule has 2 heterocycles. The van der Waals surface area contributed by atoms with Crippen molar-refractivity contribution in [3.05, 3.63) is 70.8 Å². The van der Waals surface area contributed by atoms with Crippen molar-refractivity contribution in [2.24, 2.45) is 17.8 Å². The Hall–Kier alpha value is -2.57. The number of halogens is 1. The molecule has 298 valence electrons. The number of esters is 2. The van der Waals surface area contributed by atoms with Gasteiger partial charge in [-0.15, -0.1) is 0 Å². The number of rotatable bonds is 16. The van der Waals surface area contributed by atoms with Crippen LogP contribution < -0.4 is 0 Å². The molecule has 0 aromatic heterocycles. The molecule has 1 aromatic carbocycles. The summed E-state index contributed by atoms with van der Waals surface area (Å²) in [6.45, 7) is 15.7. The summed E-state index contributed by atoms with van der Waals surface area (Å²) in [4.78, 5) is 27.4. The van der Waals surface area contributed by atoms with Crippen LogP contribution in [0.1, 0.15) is 93.1 Å². The van der Waals surface area contributed by atoms with Gasteiger partial charge in [-0.3, -0.25) is 14.5 Å². The Bertz CT molecular complexity index is 1410. The van der Waals surface area contributed by atoms with Crippen LogP contribution in [0.4, 0.5) is 0 Å². The summed E-state index contributed by atoms with van der Waals surface area (Å²) < 4.78 is 23.6. The van der Waals surface area contributed by atoms with Gasteiger partial charge in [-0.25, -0.2) is 0 Å². The number of hydrogen-bond acceptors (Lipinski definition) is 10. The molecule has 2 aliphatic rings. The minimum absolute atomic E-state index is 0.000721. The lowest BCUT2D eigenvalue weighted by Gasteiger charge is -2.39. The van der Waals surface area contributed by atoms with E-state index in [4.69, 9.17) is 30.5 Å². The molecule has 11 atom stereocenters. The SMILES string of the molecule is CCC1CCC(C)(O)C(OC(C)=O)C=CC(C)C(C(C)=CC=CC(C)(O)C(C2OC2C(C)C(C)OC)N(CCCO)Cc2ccc(Cl)cc2)OC(=O)C1. The van der Waals surface area contributed by atoms with Gasteiger partial charge in [0.15, 0.2) is 0 Å². The third kappa shape index (κ3) is 13.3. The summed E-state index contributed by atoms with van der Waals surface area (Å²) in [5, 5.41) is 34.1. The molecule has 1 saturated heterocycles. The highest BCUT2D eigenvalue weighted by molar-refractivity contribution is 6.30. The molecule has 3 N–H and O–H groups in total. The third-order valence-electron chi connectivity index (χ3n) is 11.0. The van der Waals surface area contributed by atoms with Gasteiger partial charge < -0.3 is 34.3 Å². The van der Waals surface area contributed by atoms with Crippen LogP contribution >= 0.6 is 11.6 Å². The van der Waals surface area contributed by atoms with E-state index in [-0.39, 0.29) is 55.1 Å². The van der Waals surface area contributed by atoms with Crippen LogP contribution in [0, 0.1) is 17.8 Å². The first-order valence-corrected chi connectivity index (χ1v) is 19.4. The predicted octanol–water partition coefficient (Wildman–Crippen LogP) is 6.58. The van der Waals surface area contributed by atoms with Crippen molar-refractivity contribution in [3.63, 3.8) is 0 Å². The highest BCUT2D eigenvalue weighted by atomic mass is 35.5. The number of nitrogens with zero attached hydrogens (tertiary/aromatic N) is 1. The van der Waals surface area contributed by atoms with Crippen LogP contribution in [0.15, 0.2) is 60.2 Å². The number of cyclic esters (lactones) is 1. The minimum Gasteiger partial charge on any atom is -0.457 e. The summed E-state index contributed by atoms with van der Waals surface area (Å²) in [7, 11) is 1.68. The zero-order valence-corrected chi connectivity index (χ0v) is 33.9. The Morgan fingerprint density at radius 3 is 2.47 bits per heavy atom. The maximum atomic E-state index is 13.3. The van der Waals surface area contributed by atoms with Crippen molar-refractivity contribution in [1.82, 2.24) is 4.90 Å². The van der Waals surface area contributed by atoms with Gasteiger partial charge in [0.05, 0.1) is 23.9 Å². The Morgan fingerprint density at radius 1 is 1.19 bits per heavy atom. The lowest BCUT2D eigenvalue weighted by Crippen LogP contribution is -2.54. The van der Waals surface area contributed by atoms with Crippen LogP contribution in [0.2, 0.25) is 5.02 Å². The van der Waals surface area contributed by atoms with Crippen LogP contribution in [0.3, 0.4) is 0 Å². The molecule has 11 heteroatoms. The van der Waals surface area contributed by atoms with Gasteiger partial charge in [0.2, 0.25) is 0 Å². The van der Waals surface area contributed by atoms with Crippen LogP contribution in [-0.4, -0.2) is 100 Å². The Kier molecular flexibility index (Phi) is 17.2. The lowest BCUT2D eigenvalue weighted by molar-refractivity contribution is -0.156. The summed E-state index contributed by atoms with van der Waals surface area (Å²) in [6.07, 6.45) is 9.25. The molecule has 1 aromatic rings. The number of carbonyl (C=O) groups excluding carboxylic acids is 2. The van der Waals surface area contributed by atoms with Gasteiger partial charge in [0.1, 0.15) is 23.9 Å². The zero-order valence-electron chi connectivity index (χ0n) is 33.2. The van der Waals surface area contributed by atoms with Crippen molar-refractivity contribution in [3.8, 4) is 0 Å². The molecule has 2 aliphatic heterocycles. The summed E-state index contributed by atoms with van der Waals surface area (Å²) in [5.74, 6) is -1.07. The number of epoxide rings is 1. The summed E-state index contributed by atoms with van der Waals surface area (Å²) in [5.41, 5.74) is -0.940. The van der Waals surface area contributed by atoms with Crippen LogP contribution in [0.25, 0.3) is 0 Å². The molecule has 0 aliphatic carbocycles.